The van der Waals surface area contributed by atoms with Crippen LogP contribution in [-0.4, -0.2) is 23.6 Å². The minimum Gasteiger partial charge on any atom is -0.444 e. The normalized spacial score (nSPS) is 23.4. The molecule has 0 radical (unpaired) electrons. The van der Waals surface area contributed by atoms with E-state index in [4.69, 9.17) is 10.00 Å². The molecule has 1 aromatic rings. The summed E-state index contributed by atoms with van der Waals surface area (Å²) in [5.41, 5.74) is 1.48. The Morgan fingerprint density at radius 3 is 2.79 bits per heavy atom. The van der Waals surface area contributed by atoms with E-state index in [2.05, 4.69) is 16.7 Å². The van der Waals surface area contributed by atoms with Crippen molar-refractivity contribution in [2.75, 3.05) is 0 Å². The van der Waals surface area contributed by atoms with Gasteiger partial charge in [-0.1, -0.05) is 37.6 Å². The summed E-state index contributed by atoms with van der Waals surface area (Å²) in [6, 6.07) is 9.75. The molecule has 6 heteroatoms. The number of rotatable bonds is 2. The van der Waals surface area contributed by atoms with Gasteiger partial charge in [-0.15, -0.1) is 0 Å². The fraction of sp³-hybridized carbons (Fsp3) is 0.591. The number of nitriles is 1. The molecule has 2 rings (SSSR count). The summed E-state index contributed by atoms with van der Waals surface area (Å²) < 4.78 is 5.42. The lowest BCUT2D eigenvalue weighted by molar-refractivity contribution is -0.125. The van der Waals surface area contributed by atoms with Crippen LogP contribution >= 0.6 is 0 Å². The van der Waals surface area contributed by atoms with Gasteiger partial charge in [0.15, 0.2) is 0 Å². The average molecular weight is 386 g/mol. The molecule has 0 fully saturated rings. The van der Waals surface area contributed by atoms with Crippen LogP contribution in [-0.2, 0) is 16.0 Å². The van der Waals surface area contributed by atoms with E-state index in [0.717, 1.165) is 30.4 Å². The number of alkyl carbamates (subject to hydrolysis) is 1. The van der Waals surface area contributed by atoms with Crippen LogP contribution in [0.1, 0.15) is 70.5 Å². The van der Waals surface area contributed by atoms with Crippen molar-refractivity contribution in [2.24, 2.45) is 5.92 Å². The fourth-order valence-corrected chi connectivity index (χ4v) is 3.38. The van der Waals surface area contributed by atoms with Crippen LogP contribution in [0.3, 0.4) is 0 Å². The Kier molecular flexibility index (Phi) is 7.45. The minimum absolute atomic E-state index is 0.0198. The van der Waals surface area contributed by atoms with Gasteiger partial charge in [-0.25, -0.2) is 4.79 Å². The monoisotopic (exact) mass is 385 g/mol. The Morgan fingerprint density at radius 2 is 2.11 bits per heavy atom. The van der Waals surface area contributed by atoms with E-state index in [0.29, 0.717) is 6.42 Å². The maximum absolute atomic E-state index is 12.4. The second kappa shape index (κ2) is 9.59. The first kappa shape index (κ1) is 21.7. The summed E-state index contributed by atoms with van der Waals surface area (Å²) in [5, 5.41) is 15.1. The molecule has 2 amide bonds. The van der Waals surface area contributed by atoms with Crippen molar-refractivity contribution in [3.63, 3.8) is 0 Å². The van der Waals surface area contributed by atoms with Gasteiger partial charge in [0.25, 0.3) is 0 Å². The third-order valence-corrected chi connectivity index (χ3v) is 4.79. The maximum atomic E-state index is 12.4. The molecule has 3 atom stereocenters. The molecule has 1 aromatic carbocycles. The number of ether oxygens (including phenoxy) is 1. The van der Waals surface area contributed by atoms with Gasteiger partial charge in [0.1, 0.15) is 5.60 Å². The van der Waals surface area contributed by atoms with Gasteiger partial charge in [-0.3, -0.25) is 4.79 Å². The third-order valence-electron chi connectivity index (χ3n) is 4.79. The number of nitrogens with zero attached hydrogens (tertiary/aromatic N) is 1. The predicted molar refractivity (Wildman–Crippen MR) is 107 cm³/mol. The number of fused-ring (bicyclic) bond motifs is 2. The molecule has 2 bridgehead atoms. The van der Waals surface area contributed by atoms with Gasteiger partial charge < -0.3 is 15.4 Å². The molecule has 0 aromatic heterocycles. The molecular formula is C22H31N3O3. The Hall–Kier alpha value is -2.55. The highest BCUT2D eigenvalue weighted by molar-refractivity contribution is 5.78. The zero-order valence-electron chi connectivity index (χ0n) is 17.2. The van der Waals surface area contributed by atoms with E-state index in [1.54, 1.807) is 0 Å². The quantitative estimate of drug-likeness (QED) is 0.804. The van der Waals surface area contributed by atoms with E-state index in [9.17, 15) is 9.59 Å². The molecule has 0 spiro atoms. The van der Waals surface area contributed by atoms with Gasteiger partial charge in [-0.05, 0) is 51.2 Å². The fourth-order valence-electron chi connectivity index (χ4n) is 3.38. The smallest absolute Gasteiger partial charge is 0.408 e. The first-order valence-electron chi connectivity index (χ1n) is 9.93. The second-order valence-corrected chi connectivity index (χ2v) is 8.55. The van der Waals surface area contributed by atoms with E-state index < -0.39 is 11.7 Å². The molecule has 1 aliphatic rings. The lowest BCUT2D eigenvalue weighted by Gasteiger charge is -2.26. The van der Waals surface area contributed by atoms with Crippen molar-refractivity contribution < 1.29 is 14.3 Å². The zero-order valence-corrected chi connectivity index (χ0v) is 17.2. The third kappa shape index (κ3) is 6.88. The largest absolute Gasteiger partial charge is 0.444 e. The second-order valence-electron chi connectivity index (χ2n) is 8.55. The summed E-state index contributed by atoms with van der Waals surface area (Å²) in [6.07, 6.45) is 2.64. The molecule has 1 aliphatic heterocycles. The zero-order chi connectivity index (χ0) is 20.7. The average Bonchev–Trinajstić information content (AvgIpc) is 2.58. The molecule has 0 saturated heterocycles. The van der Waals surface area contributed by atoms with Crippen LogP contribution in [0.5, 0.6) is 0 Å². The highest BCUT2D eigenvalue weighted by Gasteiger charge is 2.23. The number of carbonyl (C=O) groups excluding carboxylic acids is 2. The SMILES string of the molecule is C[C@@H]1CCC[C@H](NC(=O)OC(C)(C)C)c2cccc(c2)CC(CC#N)NC1=O. The summed E-state index contributed by atoms with van der Waals surface area (Å²) in [5.74, 6) is -0.158. The molecule has 1 heterocycles. The number of carbonyl (C=O) groups is 2. The van der Waals surface area contributed by atoms with Gasteiger partial charge in [-0.2, -0.15) is 5.26 Å². The van der Waals surface area contributed by atoms with Crippen LogP contribution in [0.2, 0.25) is 0 Å². The highest BCUT2D eigenvalue weighted by atomic mass is 16.6. The van der Waals surface area contributed by atoms with Gasteiger partial charge in [0, 0.05) is 12.0 Å². The van der Waals surface area contributed by atoms with Crippen molar-refractivity contribution in [3.8, 4) is 6.07 Å². The number of hydrogen-bond acceptors (Lipinski definition) is 4. The van der Waals surface area contributed by atoms with Gasteiger partial charge in [0.05, 0.1) is 18.5 Å². The topological polar surface area (TPSA) is 91.2 Å². The molecule has 0 aliphatic carbocycles. The van der Waals surface area contributed by atoms with Crippen molar-refractivity contribution >= 4 is 12.0 Å². The summed E-state index contributed by atoms with van der Waals surface area (Å²) in [7, 11) is 0. The van der Waals surface area contributed by atoms with Crippen molar-refractivity contribution in [1.82, 2.24) is 10.6 Å². The van der Waals surface area contributed by atoms with E-state index in [-0.39, 0.29) is 30.3 Å². The molecule has 0 saturated carbocycles. The summed E-state index contributed by atoms with van der Waals surface area (Å²) in [4.78, 5) is 24.8. The van der Waals surface area contributed by atoms with E-state index >= 15 is 0 Å². The molecule has 1 unspecified atom stereocenters. The van der Waals surface area contributed by atoms with E-state index in [1.165, 1.54) is 0 Å². The van der Waals surface area contributed by atoms with Crippen molar-refractivity contribution in [1.29, 1.82) is 5.26 Å². The van der Waals surface area contributed by atoms with Crippen LogP contribution < -0.4 is 10.6 Å². The number of hydrogen-bond donors (Lipinski definition) is 2. The van der Waals surface area contributed by atoms with Crippen LogP contribution in [0.15, 0.2) is 24.3 Å². The van der Waals surface area contributed by atoms with Crippen LogP contribution in [0, 0.1) is 17.2 Å². The van der Waals surface area contributed by atoms with Crippen LogP contribution in [0.4, 0.5) is 4.79 Å². The molecule has 6 nitrogen and oxygen atoms in total. The van der Waals surface area contributed by atoms with Crippen molar-refractivity contribution in [3.05, 3.63) is 35.4 Å². The highest BCUT2D eigenvalue weighted by Crippen LogP contribution is 2.24. The number of benzene rings is 1. The molecule has 152 valence electrons. The number of amides is 2. The van der Waals surface area contributed by atoms with Crippen molar-refractivity contribution in [2.45, 2.75) is 77.5 Å². The summed E-state index contributed by atoms with van der Waals surface area (Å²) in [6.45, 7) is 7.41. The Bertz CT molecular complexity index is 733. The molecular weight excluding hydrogens is 354 g/mol. The lowest BCUT2D eigenvalue weighted by Crippen LogP contribution is -2.39. The minimum atomic E-state index is -0.561. The van der Waals surface area contributed by atoms with Crippen LogP contribution in [0.25, 0.3) is 0 Å². The first-order chi connectivity index (χ1) is 13.2. The predicted octanol–water partition coefficient (Wildman–Crippen LogP) is 4.01. The van der Waals surface area contributed by atoms with Gasteiger partial charge in [0.2, 0.25) is 5.91 Å². The maximum Gasteiger partial charge on any atom is 0.408 e. The van der Waals surface area contributed by atoms with E-state index in [1.807, 2.05) is 52.0 Å². The Morgan fingerprint density at radius 1 is 1.36 bits per heavy atom. The lowest BCUT2D eigenvalue weighted by atomic mass is 9.93. The van der Waals surface area contributed by atoms with Gasteiger partial charge >= 0.3 is 6.09 Å². The standard InChI is InChI=1S/C22H31N3O3/c1-15-7-5-10-19(25-21(27)28-22(2,3)4)17-9-6-8-16(13-17)14-18(11-12-23)24-20(15)26/h6,8-9,13,15,18-19H,5,7,10-11,14H2,1-4H3,(H,24,26)(H,25,27)/t15-,18?,19+/m1/s1. The molecule has 2 N–H and O–H groups in total. The Labute approximate surface area is 167 Å². The first-order valence-corrected chi connectivity index (χ1v) is 9.93. The summed E-state index contributed by atoms with van der Waals surface area (Å²) >= 11 is 0. The number of nitrogens with one attached hydrogen (secondary N) is 2. The molecule has 28 heavy (non-hydrogen) atoms. The Balaban J connectivity index is 2.26.